The number of benzene rings is 2. The number of carbonyl (C=O) groups is 1. The molecule has 0 radical (unpaired) electrons. The van der Waals surface area contributed by atoms with Crippen LogP contribution in [0.15, 0.2) is 34.8 Å². The third-order valence-electron chi connectivity index (χ3n) is 2.77. The van der Waals surface area contributed by atoms with Crippen molar-refractivity contribution in [2.45, 2.75) is 6.54 Å². The van der Waals surface area contributed by atoms with E-state index in [0.29, 0.717) is 16.1 Å². The van der Waals surface area contributed by atoms with Gasteiger partial charge in [0.1, 0.15) is 17.5 Å². The van der Waals surface area contributed by atoms with Crippen LogP contribution < -0.4 is 5.32 Å². The van der Waals surface area contributed by atoms with Crippen molar-refractivity contribution < 1.29 is 23.1 Å². The number of hydrogen-bond acceptors (Lipinski definition) is 2. The van der Waals surface area contributed by atoms with Crippen LogP contribution in [0.25, 0.3) is 0 Å². The van der Waals surface area contributed by atoms with Gasteiger partial charge in [-0.3, -0.25) is 0 Å². The summed E-state index contributed by atoms with van der Waals surface area (Å²) in [5.41, 5.74) is -0.140. The molecule has 2 N–H and O–H groups in total. The molecule has 0 unspecified atom stereocenters. The van der Waals surface area contributed by atoms with Gasteiger partial charge in [0.05, 0.1) is 11.3 Å². The van der Waals surface area contributed by atoms with Crippen molar-refractivity contribution in [3.63, 3.8) is 0 Å². The molecular formula is C14H9BrF3NO2. The van der Waals surface area contributed by atoms with Crippen molar-refractivity contribution in [1.29, 1.82) is 0 Å². The van der Waals surface area contributed by atoms with Crippen molar-refractivity contribution in [3.8, 4) is 0 Å². The molecule has 0 aromatic heterocycles. The standard InChI is InChI=1S/C14H9BrF3NO2/c15-10-3-8(16)2-1-7(10)6-19-13-4-9(14(20)21)11(17)5-12(13)18/h1-5,19H,6H2,(H,20,21). The highest BCUT2D eigenvalue weighted by atomic mass is 79.9. The summed E-state index contributed by atoms with van der Waals surface area (Å²) in [5, 5.41) is 11.5. The van der Waals surface area contributed by atoms with E-state index in [4.69, 9.17) is 5.11 Å². The molecule has 0 aliphatic heterocycles. The molecule has 0 heterocycles. The normalized spacial score (nSPS) is 10.5. The summed E-state index contributed by atoms with van der Waals surface area (Å²) in [7, 11) is 0. The summed E-state index contributed by atoms with van der Waals surface area (Å²) in [4.78, 5) is 10.8. The van der Waals surface area contributed by atoms with Crippen molar-refractivity contribution in [2.75, 3.05) is 5.32 Å². The van der Waals surface area contributed by atoms with E-state index in [2.05, 4.69) is 21.2 Å². The van der Waals surface area contributed by atoms with Crippen molar-refractivity contribution >= 4 is 27.6 Å². The predicted octanol–water partition coefficient (Wildman–Crippen LogP) is 4.18. The van der Waals surface area contributed by atoms with E-state index >= 15 is 0 Å². The summed E-state index contributed by atoms with van der Waals surface area (Å²) in [5.74, 6) is -3.96. The van der Waals surface area contributed by atoms with Gasteiger partial charge >= 0.3 is 5.97 Å². The van der Waals surface area contributed by atoms with Gasteiger partial charge in [0.2, 0.25) is 0 Å². The fourth-order valence-corrected chi connectivity index (χ4v) is 2.19. The van der Waals surface area contributed by atoms with Gasteiger partial charge in [0.25, 0.3) is 0 Å². The lowest BCUT2D eigenvalue weighted by Crippen LogP contribution is -2.07. The summed E-state index contributed by atoms with van der Waals surface area (Å²) in [6, 6.07) is 5.37. The molecular weight excluding hydrogens is 351 g/mol. The Labute approximate surface area is 126 Å². The lowest BCUT2D eigenvalue weighted by Gasteiger charge is -2.10. The van der Waals surface area contributed by atoms with E-state index in [1.165, 1.54) is 18.2 Å². The van der Waals surface area contributed by atoms with Crippen LogP contribution >= 0.6 is 15.9 Å². The molecule has 3 nitrogen and oxygen atoms in total. The average Bonchev–Trinajstić information content (AvgIpc) is 2.39. The molecule has 0 amide bonds. The maximum atomic E-state index is 13.6. The minimum atomic E-state index is -1.49. The van der Waals surface area contributed by atoms with Crippen LogP contribution in [0.2, 0.25) is 0 Å². The van der Waals surface area contributed by atoms with E-state index in [0.717, 1.165) is 6.07 Å². The Kier molecular flexibility index (Phi) is 4.52. The van der Waals surface area contributed by atoms with Crippen LogP contribution in [-0.4, -0.2) is 11.1 Å². The molecule has 2 aromatic rings. The molecule has 0 saturated carbocycles. The first-order valence-corrected chi connectivity index (χ1v) is 6.58. The van der Waals surface area contributed by atoms with Crippen LogP contribution in [0.1, 0.15) is 15.9 Å². The predicted molar refractivity (Wildman–Crippen MR) is 74.7 cm³/mol. The maximum Gasteiger partial charge on any atom is 0.338 e. The highest BCUT2D eigenvalue weighted by Crippen LogP contribution is 2.23. The van der Waals surface area contributed by atoms with Crippen LogP contribution in [0.3, 0.4) is 0 Å². The zero-order chi connectivity index (χ0) is 15.6. The number of hydrogen-bond donors (Lipinski definition) is 2. The molecule has 0 atom stereocenters. The van der Waals surface area contributed by atoms with Gasteiger partial charge < -0.3 is 10.4 Å². The van der Waals surface area contributed by atoms with E-state index < -0.39 is 29.0 Å². The lowest BCUT2D eigenvalue weighted by molar-refractivity contribution is 0.0692. The van der Waals surface area contributed by atoms with Crippen LogP contribution in [-0.2, 0) is 6.54 Å². The number of nitrogens with one attached hydrogen (secondary N) is 1. The van der Waals surface area contributed by atoms with Crippen molar-refractivity contribution in [3.05, 3.63) is 63.4 Å². The van der Waals surface area contributed by atoms with Gasteiger partial charge in [0.15, 0.2) is 0 Å². The second-order valence-electron chi connectivity index (χ2n) is 4.21. The van der Waals surface area contributed by atoms with Gasteiger partial charge in [-0.15, -0.1) is 0 Å². The van der Waals surface area contributed by atoms with Gasteiger partial charge in [-0.1, -0.05) is 22.0 Å². The first kappa shape index (κ1) is 15.4. The van der Waals surface area contributed by atoms with E-state index in [1.807, 2.05) is 0 Å². The molecule has 0 aliphatic rings. The molecule has 2 aromatic carbocycles. The Morgan fingerprint density at radius 1 is 1.14 bits per heavy atom. The van der Waals surface area contributed by atoms with Gasteiger partial charge in [0, 0.05) is 17.1 Å². The number of halogens is 4. The number of anilines is 1. The average molecular weight is 360 g/mol. The van der Waals surface area contributed by atoms with Crippen molar-refractivity contribution in [2.24, 2.45) is 0 Å². The van der Waals surface area contributed by atoms with Crippen molar-refractivity contribution in [1.82, 2.24) is 0 Å². The van der Waals surface area contributed by atoms with Crippen LogP contribution in [0, 0.1) is 17.5 Å². The monoisotopic (exact) mass is 359 g/mol. The Bertz CT molecular complexity index is 707. The van der Waals surface area contributed by atoms with E-state index in [-0.39, 0.29) is 12.2 Å². The molecule has 0 fully saturated rings. The topological polar surface area (TPSA) is 49.3 Å². The zero-order valence-electron chi connectivity index (χ0n) is 10.5. The largest absolute Gasteiger partial charge is 0.478 e. The number of carboxylic acid groups (broad SMARTS) is 1. The first-order valence-electron chi connectivity index (χ1n) is 5.78. The maximum absolute atomic E-state index is 13.6. The molecule has 110 valence electrons. The summed E-state index contributed by atoms with van der Waals surface area (Å²) in [6.45, 7) is 0.114. The third kappa shape index (κ3) is 3.55. The quantitative estimate of drug-likeness (QED) is 0.860. The SMILES string of the molecule is O=C(O)c1cc(NCc2ccc(F)cc2Br)c(F)cc1F. The molecule has 2 rings (SSSR count). The molecule has 0 bridgehead atoms. The minimum absolute atomic E-state index is 0.114. The fraction of sp³-hybridized carbons (Fsp3) is 0.0714. The van der Waals surface area contributed by atoms with Crippen LogP contribution in [0.4, 0.5) is 18.9 Å². The number of carboxylic acids is 1. The summed E-state index contributed by atoms with van der Waals surface area (Å²) < 4.78 is 40.3. The number of rotatable bonds is 4. The van der Waals surface area contributed by atoms with Gasteiger partial charge in [-0.05, 0) is 23.8 Å². The smallest absolute Gasteiger partial charge is 0.338 e. The molecule has 7 heteroatoms. The molecule has 0 aliphatic carbocycles. The second-order valence-corrected chi connectivity index (χ2v) is 5.06. The zero-order valence-corrected chi connectivity index (χ0v) is 12.0. The highest BCUT2D eigenvalue weighted by molar-refractivity contribution is 9.10. The van der Waals surface area contributed by atoms with Crippen LogP contribution in [0.5, 0.6) is 0 Å². The highest BCUT2D eigenvalue weighted by Gasteiger charge is 2.15. The molecule has 21 heavy (non-hydrogen) atoms. The Morgan fingerprint density at radius 3 is 2.48 bits per heavy atom. The summed E-state index contributed by atoms with van der Waals surface area (Å²) >= 11 is 3.16. The Balaban J connectivity index is 2.23. The Morgan fingerprint density at radius 2 is 1.86 bits per heavy atom. The van der Waals surface area contributed by atoms with E-state index in [1.54, 1.807) is 0 Å². The summed E-state index contributed by atoms with van der Waals surface area (Å²) in [6.07, 6.45) is 0. The molecule has 0 saturated heterocycles. The van der Waals surface area contributed by atoms with Gasteiger partial charge in [-0.25, -0.2) is 18.0 Å². The fourth-order valence-electron chi connectivity index (χ4n) is 1.70. The minimum Gasteiger partial charge on any atom is -0.478 e. The second kappa shape index (κ2) is 6.17. The van der Waals surface area contributed by atoms with Gasteiger partial charge in [-0.2, -0.15) is 0 Å². The lowest BCUT2D eigenvalue weighted by atomic mass is 10.1. The third-order valence-corrected chi connectivity index (χ3v) is 3.51. The molecule has 0 spiro atoms. The first-order chi connectivity index (χ1) is 9.88. The Hall–Kier alpha value is -2.02. The number of aromatic carboxylic acids is 1. The van der Waals surface area contributed by atoms with E-state index in [9.17, 15) is 18.0 Å².